The minimum atomic E-state index is -0.666. The minimum absolute atomic E-state index is 0.265. The van der Waals surface area contributed by atoms with E-state index in [-0.39, 0.29) is 6.61 Å². The lowest BCUT2D eigenvalue weighted by Crippen LogP contribution is -2.06. The van der Waals surface area contributed by atoms with Crippen LogP contribution in [0.2, 0.25) is 0 Å². The molecule has 0 radical (unpaired) electrons. The highest BCUT2D eigenvalue weighted by Crippen LogP contribution is 2.22. The van der Waals surface area contributed by atoms with E-state index in [9.17, 15) is 5.11 Å². The molecule has 0 bridgehead atoms. The van der Waals surface area contributed by atoms with Gasteiger partial charge in [0.1, 0.15) is 11.8 Å². The first-order chi connectivity index (χ1) is 7.24. The molecule has 1 N–H and O–H groups in total. The van der Waals surface area contributed by atoms with Gasteiger partial charge in [-0.1, -0.05) is 18.2 Å². The number of benzene rings is 1. The Morgan fingerprint density at radius 1 is 1.47 bits per heavy atom. The summed E-state index contributed by atoms with van der Waals surface area (Å²) in [5.74, 6) is 0. The molecule has 0 amide bonds. The molecule has 1 heterocycles. The van der Waals surface area contributed by atoms with Gasteiger partial charge in [0.2, 0.25) is 0 Å². The molecule has 4 nitrogen and oxygen atoms in total. The summed E-state index contributed by atoms with van der Waals surface area (Å²) >= 11 is 0. The Morgan fingerprint density at radius 3 is 2.93 bits per heavy atom. The lowest BCUT2D eigenvalue weighted by molar-refractivity contribution is 0.0622. The fraction of sp³-hybridized carbons (Fsp3) is 0.364. The van der Waals surface area contributed by atoms with Gasteiger partial charge in [-0.25, -0.2) is 0 Å². The van der Waals surface area contributed by atoms with Crippen molar-refractivity contribution in [2.45, 2.75) is 6.10 Å². The van der Waals surface area contributed by atoms with Gasteiger partial charge in [0.25, 0.3) is 0 Å². The average molecular weight is 206 g/mol. The molecule has 0 saturated carbocycles. The van der Waals surface area contributed by atoms with Gasteiger partial charge in [-0.3, -0.25) is 4.68 Å². The molecule has 1 aromatic heterocycles. The standard InChI is InChI=1S/C11H14N2O2/c1-13-9-6-4-3-5-8(9)11(12-13)10(14)7-15-2/h3-6,10,14H,7H2,1-2H3. The first-order valence-corrected chi connectivity index (χ1v) is 4.82. The lowest BCUT2D eigenvalue weighted by atomic mass is 10.1. The topological polar surface area (TPSA) is 47.3 Å². The number of aromatic nitrogens is 2. The van der Waals surface area contributed by atoms with E-state index in [0.29, 0.717) is 5.69 Å². The number of rotatable bonds is 3. The summed E-state index contributed by atoms with van der Waals surface area (Å²) in [6.07, 6.45) is -0.666. The summed E-state index contributed by atoms with van der Waals surface area (Å²) in [5, 5.41) is 15.1. The molecule has 2 rings (SSSR count). The molecule has 4 heteroatoms. The van der Waals surface area contributed by atoms with E-state index in [0.717, 1.165) is 10.9 Å². The van der Waals surface area contributed by atoms with Gasteiger partial charge in [0.15, 0.2) is 0 Å². The quantitative estimate of drug-likeness (QED) is 0.822. The molecule has 0 aliphatic rings. The third-order valence-corrected chi connectivity index (χ3v) is 2.43. The van der Waals surface area contributed by atoms with E-state index in [1.165, 1.54) is 0 Å². The number of aliphatic hydroxyl groups is 1. The van der Waals surface area contributed by atoms with Crippen LogP contribution >= 0.6 is 0 Å². The molecule has 0 saturated heterocycles. The second-order valence-corrected chi connectivity index (χ2v) is 3.50. The number of para-hydroxylation sites is 1. The predicted molar refractivity (Wildman–Crippen MR) is 57.5 cm³/mol. The van der Waals surface area contributed by atoms with Crippen LogP contribution in [0.4, 0.5) is 0 Å². The smallest absolute Gasteiger partial charge is 0.122 e. The zero-order chi connectivity index (χ0) is 10.8. The maximum atomic E-state index is 9.83. The van der Waals surface area contributed by atoms with Crippen LogP contribution in [0.25, 0.3) is 10.9 Å². The van der Waals surface area contributed by atoms with Gasteiger partial charge in [-0.15, -0.1) is 0 Å². The highest BCUT2D eigenvalue weighted by atomic mass is 16.5. The normalized spacial score (nSPS) is 13.3. The third kappa shape index (κ3) is 1.73. The number of methoxy groups -OCH3 is 1. The number of fused-ring (bicyclic) bond motifs is 1. The fourth-order valence-corrected chi connectivity index (χ4v) is 1.72. The molecule has 1 atom stereocenters. The van der Waals surface area contributed by atoms with Crippen molar-refractivity contribution in [1.29, 1.82) is 0 Å². The van der Waals surface area contributed by atoms with Crippen LogP contribution in [-0.4, -0.2) is 28.6 Å². The highest BCUT2D eigenvalue weighted by molar-refractivity contribution is 5.82. The number of aliphatic hydroxyl groups excluding tert-OH is 1. The third-order valence-electron chi connectivity index (χ3n) is 2.43. The van der Waals surface area contributed by atoms with Crippen molar-refractivity contribution in [3.05, 3.63) is 30.0 Å². The van der Waals surface area contributed by atoms with Crippen molar-refractivity contribution in [3.8, 4) is 0 Å². The molecule has 0 spiro atoms. The largest absolute Gasteiger partial charge is 0.384 e. The molecule has 1 aromatic carbocycles. The van der Waals surface area contributed by atoms with E-state index >= 15 is 0 Å². The summed E-state index contributed by atoms with van der Waals surface area (Å²) < 4.78 is 6.68. The molecular weight excluding hydrogens is 192 g/mol. The minimum Gasteiger partial charge on any atom is -0.384 e. The maximum Gasteiger partial charge on any atom is 0.122 e. The molecule has 1 unspecified atom stereocenters. The predicted octanol–water partition coefficient (Wildman–Crippen LogP) is 1.25. The first kappa shape index (κ1) is 10.1. The van der Waals surface area contributed by atoms with Crippen molar-refractivity contribution >= 4 is 10.9 Å². The van der Waals surface area contributed by atoms with E-state index in [1.807, 2.05) is 31.3 Å². The number of nitrogens with zero attached hydrogens (tertiary/aromatic N) is 2. The van der Waals surface area contributed by atoms with Crippen LogP contribution in [0.5, 0.6) is 0 Å². The summed E-state index contributed by atoms with van der Waals surface area (Å²) in [6, 6.07) is 7.82. The molecule has 0 fully saturated rings. The van der Waals surface area contributed by atoms with Gasteiger partial charge < -0.3 is 9.84 Å². The number of ether oxygens (including phenoxy) is 1. The molecule has 15 heavy (non-hydrogen) atoms. The highest BCUT2D eigenvalue weighted by Gasteiger charge is 2.15. The molecule has 0 aliphatic carbocycles. The Kier molecular flexibility index (Phi) is 2.70. The van der Waals surface area contributed by atoms with E-state index < -0.39 is 6.10 Å². The van der Waals surface area contributed by atoms with Gasteiger partial charge in [0, 0.05) is 19.5 Å². The van der Waals surface area contributed by atoms with Crippen LogP contribution in [0.15, 0.2) is 24.3 Å². The van der Waals surface area contributed by atoms with Gasteiger partial charge in [-0.2, -0.15) is 5.10 Å². The summed E-state index contributed by atoms with van der Waals surface area (Å²) in [4.78, 5) is 0. The molecular formula is C11H14N2O2. The Hall–Kier alpha value is -1.39. The molecule has 80 valence electrons. The van der Waals surface area contributed by atoms with Crippen molar-refractivity contribution < 1.29 is 9.84 Å². The first-order valence-electron chi connectivity index (χ1n) is 4.82. The fourth-order valence-electron chi connectivity index (χ4n) is 1.72. The van der Waals surface area contributed by atoms with Crippen LogP contribution < -0.4 is 0 Å². The second-order valence-electron chi connectivity index (χ2n) is 3.50. The monoisotopic (exact) mass is 206 g/mol. The zero-order valence-electron chi connectivity index (χ0n) is 8.84. The van der Waals surface area contributed by atoms with Gasteiger partial charge in [0.05, 0.1) is 12.1 Å². The number of aryl methyl sites for hydroxylation is 1. The van der Waals surface area contributed by atoms with Crippen LogP contribution in [0.3, 0.4) is 0 Å². The van der Waals surface area contributed by atoms with E-state index in [1.54, 1.807) is 11.8 Å². The summed E-state index contributed by atoms with van der Waals surface area (Å²) in [6.45, 7) is 0.265. The SMILES string of the molecule is COCC(O)c1nn(C)c2ccccc12. The Labute approximate surface area is 88.1 Å². The van der Waals surface area contributed by atoms with Crippen LogP contribution in [-0.2, 0) is 11.8 Å². The Bertz CT molecular complexity index is 465. The zero-order valence-corrected chi connectivity index (χ0v) is 8.84. The Morgan fingerprint density at radius 2 is 2.20 bits per heavy atom. The van der Waals surface area contributed by atoms with Crippen LogP contribution in [0, 0.1) is 0 Å². The van der Waals surface area contributed by atoms with E-state index in [4.69, 9.17) is 4.74 Å². The van der Waals surface area contributed by atoms with Gasteiger partial charge >= 0.3 is 0 Å². The van der Waals surface area contributed by atoms with Crippen molar-refractivity contribution in [2.75, 3.05) is 13.7 Å². The number of hydrogen-bond acceptors (Lipinski definition) is 3. The summed E-state index contributed by atoms with van der Waals surface area (Å²) in [5.41, 5.74) is 1.69. The van der Waals surface area contributed by atoms with Crippen LogP contribution in [0.1, 0.15) is 11.8 Å². The summed E-state index contributed by atoms with van der Waals surface area (Å²) in [7, 11) is 3.43. The second kappa shape index (κ2) is 4.00. The van der Waals surface area contributed by atoms with Gasteiger partial charge in [-0.05, 0) is 6.07 Å². The average Bonchev–Trinajstić information content (AvgIpc) is 2.58. The van der Waals surface area contributed by atoms with E-state index in [2.05, 4.69) is 5.10 Å². The van der Waals surface area contributed by atoms with Crippen molar-refractivity contribution in [2.24, 2.45) is 7.05 Å². The lowest BCUT2D eigenvalue weighted by Gasteiger charge is -2.05. The van der Waals surface area contributed by atoms with Crippen molar-refractivity contribution in [3.63, 3.8) is 0 Å². The molecule has 0 aliphatic heterocycles. The Balaban J connectivity index is 2.52. The van der Waals surface area contributed by atoms with Crippen molar-refractivity contribution in [1.82, 2.24) is 9.78 Å². The maximum absolute atomic E-state index is 9.83. The molecule has 2 aromatic rings. The number of hydrogen-bond donors (Lipinski definition) is 1.